The van der Waals surface area contributed by atoms with Crippen molar-refractivity contribution in [3.63, 3.8) is 0 Å². The maximum absolute atomic E-state index is 13.5. The fourth-order valence-electron chi connectivity index (χ4n) is 4.87. The summed E-state index contributed by atoms with van der Waals surface area (Å²) < 4.78 is 5.15. The van der Waals surface area contributed by atoms with E-state index in [0.29, 0.717) is 11.4 Å². The van der Waals surface area contributed by atoms with Gasteiger partial charge in [-0.15, -0.1) is 0 Å². The van der Waals surface area contributed by atoms with Crippen LogP contribution in [-0.4, -0.2) is 35.8 Å². The van der Waals surface area contributed by atoms with Crippen molar-refractivity contribution in [3.8, 4) is 5.75 Å². The van der Waals surface area contributed by atoms with Gasteiger partial charge in [-0.3, -0.25) is 14.4 Å². The molecular formula is C22H19N3O4. The summed E-state index contributed by atoms with van der Waals surface area (Å²) in [7, 11) is 1.55. The van der Waals surface area contributed by atoms with Gasteiger partial charge in [0.2, 0.25) is 17.7 Å². The highest BCUT2D eigenvalue weighted by atomic mass is 16.5. The molecule has 3 aliphatic rings. The smallest absolute Gasteiger partial charge is 0.240 e. The summed E-state index contributed by atoms with van der Waals surface area (Å²) in [6, 6.07) is 13.2. The average molecular weight is 389 g/mol. The Morgan fingerprint density at radius 2 is 1.69 bits per heavy atom. The van der Waals surface area contributed by atoms with E-state index in [1.807, 2.05) is 30.3 Å². The monoisotopic (exact) mass is 389 g/mol. The second-order valence-corrected chi connectivity index (χ2v) is 7.45. The molecule has 5 rings (SSSR count). The molecule has 146 valence electrons. The van der Waals surface area contributed by atoms with Gasteiger partial charge in [-0.2, -0.15) is 0 Å². The summed E-state index contributed by atoms with van der Waals surface area (Å²) in [6.45, 7) is 0. The summed E-state index contributed by atoms with van der Waals surface area (Å²) in [5.74, 6) is -2.18. The number of hydrogen-bond acceptors (Lipinski definition) is 5. The third-order valence-corrected chi connectivity index (χ3v) is 6.08. The molecule has 0 aliphatic carbocycles. The Morgan fingerprint density at radius 1 is 1.00 bits per heavy atom. The number of nitrogens with two attached hydrogens (primary N) is 1. The molecule has 2 fully saturated rings. The van der Waals surface area contributed by atoms with Gasteiger partial charge in [-0.05, 0) is 41.5 Å². The Labute approximate surface area is 167 Å². The number of anilines is 1. The number of nitrogens with zero attached hydrogens (tertiary/aromatic N) is 2. The van der Waals surface area contributed by atoms with E-state index >= 15 is 0 Å². The van der Waals surface area contributed by atoms with E-state index in [1.165, 1.54) is 4.90 Å². The van der Waals surface area contributed by atoms with Crippen molar-refractivity contribution >= 4 is 29.5 Å². The quantitative estimate of drug-likeness (QED) is 0.807. The number of methoxy groups -OCH3 is 1. The highest BCUT2D eigenvalue weighted by molar-refractivity contribution is 6.24. The zero-order valence-electron chi connectivity index (χ0n) is 15.7. The molecule has 3 heterocycles. The van der Waals surface area contributed by atoms with Gasteiger partial charge in [-0.25, -0.2) is 4.90 Å². The molecule has 7 nitrogen and oxygen atoms in total. The molecular weight excluding hydrogens is 370 g/mol. The molecule has 2 aromatic rings. The highest BCUT2D eigenvalue weighted by Crippen LogP contribution is 2.53. The van der Waals surface area contributed by atoms with Crippen LogP contribution in [0.3, 0.4) is 0 Å². The van der Waals surface area contributed by atoms with Gasteiger partial charge in [0.1, 0.15) is 11.8 Å². The third kappa shape index (κ3) is 2.33. The van der Waals surface area contributed by atoms with Crippen LogP contribution in [0.5, 0.6) is 5.75 Å². The summed E-state index contributed by atoms with van der Waals surface area (Å²) in [5.41, 5.74) is 8.06. The molecule has 2 N–H and O–H groups in total. The minimum absolute atomic E-state index is 0.311. The lowest BCUT2D eigenvalue weighted by molar-refractivity contribution is -0.129. The molecule has 3 amide bonds. The fourth-order valence-corrected chi connectivity index (χ4v) is 4.87. The lowest BCUT2D eigenvalue weighted by Gasteiger charge is -2.34. The summed E-state index contributed by atoms with van der Waals surface area (Å²) in [5, 5.41) is 0. The van der Waals surface area contributed by atoms with Crippen molar-refractivity contribution < 1.29 is 19.1 Å². The van der Waals surface area contributed by atoms with Crippen LogP contribution in [0.1, 0.15) is 17.2 Å². The van der Waals surface area contributed by atoms with Gasteiger partial charge in [0, 0.05) is 6.20 Å². The zero-order valence-corrected chi connectivity index (χ0v) is 15.7. The maximum atomic E-state index is 13.5. The Morgan fingerprint density at radius 3 is 2.38 bits per heavy atom. The maximum Gasteiger partial charge on any atom is 0.240 e. The minimum atomic E-state index is -0.866. The standard InChI is InChI=1S/C22H19N3O4/c1-29-14-8-6-13(7-9-14)25-21(27)16-17(22(25)28)19(20(23)26)24-11-10-12-4-2-3-5-15(12)18(16)24/h2-11,16-19H,1H3,(H2,23,26)/t16-,17+,18-,19-/m0/s1. The van der Waals surface area contributed by atoms with Gasteiger partial charge in [0.05, 0.1) is 30.7 Å². The molecule has 0 radical (unpaired) electrons. The molecule has 29 heavy (non-hydrogen) atoms. The first kappa shape index (κ1) is 17.5. The van der Waals surface area contributed by atoms with Gasteiger partial charge < -0.3 is 15.4 Å². The van der Waals surface area contributed by atoms with Gasteiger partial charge >= 0.3 is 0 Å². The first-order chi connectivity index (χ1) is 14.0. The zero-order chi connectivity index (χ0) is 20.3. The third-order valence-electron chi connectivity index (χ3n) is 6.08. The van der Waals surface area contributed by atoms with Crippen LogP contribution >= 0.6 is 0 Å². The van der Waals surface area contributed by atoms with E-state index < -0.39 is 35.7 Å². The van der Waals surface area contributed by atoms with E-state index in [0.717, 1.165) is 11.1 Å². The summed E-state index contributed by atoms with van der Waals surface area (Å²) >= 11 is 0. The second kappa shape index (κ2) is 6.20. The fraction of sp³-hybridized carbons (Fsp3) is 0.227. The molecule has 0 unspecified atom stereocenters. The number of benzene rings is 2. The molecule has 0 aromatic heterocycles. The molecule has 2 saturated heterocycles. The Bertz CT molecular complexity index is 1060. The van der Waals surface area contributed by atoms with Crippen LogP contribution in [0, 0.1) is 11.8 Å². The second-order valence-electron chi connectivity index (χ2n) is 7.45. The van der Waals surface area contributed by atoms with Crippen LogP contribution in [0.15, 0.2) is 54.7 Å². The van der Waals surface area contributed by atoms with E-state index in [2.05, 4.69) is 0 Å². The predicted molar refractivity (Wildman–Crippen MR) is 106 cm³/mol. The predicted octanol–water partition coefficient (Wildman–Crippen LogP) is 1.70. The van der Waals surface area contributed by atoms with E-state index in [-0.39, 0.29) is 5.91 Å². The number of hydrogen-bond donors (Lipinski definition) is 1. The lowest BCUT2D eigenvalue weighted by atomic mass is 9.84. The molecule has 3 aliphatic heterocycles. The molecule has 0 saturated carbocycles. The van der Waals surface area contributed by atoms with E-state index in [9.17, 15) is 14.4 Å². The van der Waals surface area contributed by atoms with Crippen molar-refractivity contribution in [1.82, 2.24) is 4.90 Å². The number of imide groups is 1. The average Bonchev–Trinajstić information content (AvgIpc) is 3.21. The Hall–Kier alpha value is -3.61. The van der Waals surface area contributed by atoms with Crippen molar-refractivity contribution in [2.45, 2.75) is 12.1 Å². The molecule has 2 aromatic carbocycles. The van der Waals surface area contributed by atoms with Crippen LogP contribution in [0.25, 0.3) is 6.08 Å². The number of rotatable bonds is 3. The van der Waals surface area contributed by atoms with Crippen LogP contribution < -0.4 is 15.4 Å². The van der Waals surface area contributed by atoms with Crippen LogP contribution in [0.2, 0.25) is 0 Å². The largest absolute Gasteiger partial charge is 0.497 e. The normalized spacial score (nSPS) is 26.9. The van der Waals surface area contributed by atoms with Gasteiger partial charge in [0.25, 0.3) is 0 Å². The Kier molecular flexibility index (Phi) is 3.74. The first-order valence-electron chi connectivity index (χ1n) is 9.38. The van der Waals surface area contributed by atoms with Gasteiger partial charge in [0.15, 0.2) is 0 Å². The number of amides is 3. The first-order valence-corrected chi connectivity index (χ1v) is 9.38. The number of ether oxygens (including phenoxy) is 1. The van der Waals surface area contributed by atoms with Crippen molar-refractivity contribution in [2.75, 3.05) is 12.0 Å². The lowest BCUT2D eigenvalue weighted by Crippen LogP contribution is -2.46. The van der Waals surface area contributed by atoms with Crippen molar-refractivity contribution in [2.24, 2.45) is 17.6 Å². The van der Waals surface area contributed by atoms with E-state index in [4.69, 9.17) is 10.5 Å². The molecule has 7 heteroatoms. The Balaban J connectivity index is 1.62. The topological polar surface area (TPSA) is 92.9 Å². The van der Waals surface area contributed by atoms with Crippen molar-refractivity contribution in [1.29, 1.82) is 0 Å². The molecule has 0 spiro atoms. The van der Waals surface area contributed by atoms with Crippen LogP contribution in [0.4, 0.5) is 5.69 Å². The minimum Gasteiger partial charge on any atom is -0.497 e. The number of primary amides is 1. The molecule has 0 bridgehead atoms. The number of fused-ring (bicyclic) bond motifs is 5. The number of carbonyl (C=O) groups is 3. The summed E-state index contributed by atoms with van der Waals surface area (Å²) in [4.78, 5) is 42.1. The molecule has 4 atom stereocenters. The van der Waals surface area contributed by atoms with E-state index in [1.54, 1.807) is 42.5 Å². The van der Waals surface area contributed by atoms with Crippen LogP contribution in [-0.2, 0) is 14.4 Å². The SMILES string of the molecule is COc1ccc(N2C(=O)[C@@H]3[C@H](C2=O)[C@@H]2c4ccccc4C=CN2[C@@H]3C(N)=O)cc1. The van der Waals surface area contributed by atoms with Gasteiger partial charge in [-0.1, -0.05) is 24.3 Å². The highest BCUT2D eigenvalue weighted by Gasteiger charge is 2.64. The number of carbonyl (C=O) groups excluding carboxylic acids is 3. The van der Waals surface area contributed by atoms with Crippen molar-refractivity contribution in [3.05, 3.63) is 65.9 Å². The summed E-state index contributed by atoms with van der Waals surface area (Å²) in [6.07, 6.45) is 3.66.